The highest BCUT2D eigenvalue weighted by Gasteiger charge is 2.30. The number of anilines is 1. The van der Waals surface area contributed by atoms with Crippen molar-refractivity contribution >= 4 is 23.4 Å². The Bertz CT molecular complexity index is 1710. The van der Waals surface area contributed by atoms with Crippen LogP contribution >= 0.6 is 11.6 Å². The van der Waals surface area contributed by atoms with Gasteiger partial charge in [-0.2, -0.15) is 4.68 Å². The van der Waals surface area contributed by atoms with Crippen LogP contribution in [0.3, 0.4) is 0 Å². The summed E-state index contributed by atoms with van der Waals surface area (Å²) in [5.74, 6) is 1.52. The van der Waals surface area contributed by atoms with Crippen LogP contribution in [0.15, 0.2) is 65.8 Å². The Morgan fingerprint density at radius 1 is 1.18 bits per heavy atom. The Balaban J connectivity index is 1.30. The van der Waals surface area contributed by atoms with Crippen LogP contribution in [0.2, 0.25) is 5.02 Å². The van der Waals surface area contributed by atoms with Gasteiger partial charge in [-0.1, -0.05) is 23.7 Å². The zero-order valence-electron chi connectivity index (χ0n) is 20.7. The maximum Gasteiger partial charge on any atom is 0.411 e. The molecule has 1 fully saturated rings. The van der Waals surface area contributed by atoms with Gasteiger partial charge in [0, 0.05) is 28.3 Å². The summed E-state index contributed by atoms with van der Waals surface area (Å²) in [6.45, 7) is 0.245. The molecular formula is C26H22ClN9O3. The van der Waals surface area contributed by atoms with Crippen LogP contribution in [0.1, 0.15) is 30.4 Å². The normalized spacial score (nSPS) is 12.9. The number of imidazole rings is 1. The quantitative estimate of drug-likeness (QED) is 0.313. The molecule has 39 heavy (non-hydrogen) atoms. The summed E-state index contributed by atoms with van der Waals surface area (Å²) in [5.41, 5.74) is 3.91. The Labute approximate surface area is 226 Å². The van der Waals surface area contributed by atoms with E-state index in [1.54, 1.807) is 41.1 Å². The number of carbonyl (C=O) groups is 1. The molecule has 1 aliphatic carbocycles. The number of carbonyl (C=O) groups excluding carboxylic acids is 1. The molecule has 0 saturated heterocycles. The van der Waals surface area contributed by atoms with Crippen LogP contribution in [0.25, 0.3) is 28.2 Å². The third-order valence-electron chi connectivity index (χ3n) is 6.37. The zero-order valence-corrected chi connectivity index (χ0v) is 21.5. The summed E-state index contributed by atoms with van der Waals surface area (Å²) in [5, 5.41) is 14.5. The Hall–Kier alpha value is -4.84. The summed E-state index contributed by atoms with van der Waals surface area (Å²) < 4.78 is 7.79. The lowest BCUT2D eigenvalue weighted by atomic mass is 10.1. The number of aromatic amines is 1. The predicted molar refractivity (Wildman–Crippen MR) is 143 cm³/mol. The first-order valence-corrected chi connectivity index (χ1v) is 12.5. The molecule has 0 bridgehead atoms. The van der Waals surface area contributed by atoms with E-state index in [4.69, 9.17) is 16.6 Å². The Morgan fingerprint density at radius 2 is 2.00 bits per heavy atom. The number of benzene rings is 2. The average Bonchev–Trinajstić information content (AvgIpc) is 3.43. The first-order chi connectivity index (χ1) is 19.0. The number of aromatic nitrogens is 8. The van der Waals surface area contributed by atoms with Gasteiger partial charge in [0.05, 0.1) is 36.9 Å². The molecule has 2 aromatic carbocycles. The molecule has 1 saturated carbocycles. The number of nitrogens with one attached hydrogen (secondary N) is 2. The number of halogens is 1. The molecule has 1 aliphatic rings. The van der Waals surface area contributed by atoms with E-state index >= 15 is 0 Å². The molecule has 1 amide bonds. The van der Waals surface area contributed by atoms with Crippen LogP contribution in [0.5, 0.6) is 0 Å². The molecule has 3 aromatic heterocycles. The molecular weight excluding hydrogens is 522 g/mol. The molecule has 12 nitrogen and oxygen atoms in total. The van der Waals surface area contributed by atoms with E-state index in [2.05, 4.69) is 35.5 Å². The number of amides is 1. The van der Waals surface area contributed by atoms with Crippen molar-refractivity contribution in [2.24, 2.45) is 0 Å². The van der Waals surface area contributed by atoms with Gasteiger partial charge in [-0.25, -0.2) is 14.8 Å². The smallest absolute Gasteiger partial charge is 0.411 e. The van der Waals surface area contributed by atoms with Crippen molar-refractivity contribution in [3.05, 3.63) is 88.1 Å². The lowest BCUT2D eigenvalue weighted by Crippen LogP contribution is -2.25. The van der Waals surface area contributed by atoms with Crippen molar-refractivity contribution in [2.75, 3.05) is 12.4 Å². The van der Waals surface area contributed by atoms with Gasteiger partial charge in [-0.15, -0.1) is 5.10 Å². The zero-order chi connectivity index (χ0) is 26.9. The monoisotopic (exact) mass is 543 g/mol. The van der Waals surface area contributed by atoms with E-state index in [1.165, 1.54) is 24.2 Å². The fraction of sp³-hybridized carbons (Fsp3) is 0.192. The highest BCUT2D eigenvalue weighted by molar-refractivity contribution is 6.31. The van der Waals surface area contributed by atoms with E-state index in [-0.39, 0.29) is 18.0 Å². The van der Waals surface area contributed by atoms with Gasteiger partial charge in [-0.05, 0) is 59.2 Å². The van der Waals surface area contributed by atoms with E-state index in [0.29, 0.717) is 39.3 Å². The first-order valence-electron chi connectivity index (χ1n) is 12.1. The standard InChI is InChI=1S/C26H22ClN9O3/c1-39-26(38)30-18-7-4-15(5-8-18)21-12-28-23(31-21)13-35-24(37)11-20(32-25(35)16-2-3-16)19-10-17(27)6-9-22(19)36-14-29-33-34-36/h4-12,14,16H,2-3,13H2,1H3,(H,28,31)(H,30,38). The van der Waals surface area contributed by atoms with Crippen LogP contribution in [-0.2, 0) is 11.3 Å². The van der Waals surface area contributed by atoms with Crippen LogP contribution in [0, 0.1) is 0 Å². The molecule has 0 atom stereocenters. The van der Waals surface area contributed by atoms with Gasteiger partial charge < -0.3 is 9.72 Å². The van der Waals surface area contributed by atoms with Gasteiger partial charge in [-0.3, -0.25) is 14.7 Å². The SMILES string of the molecule is COC(=O)Nc1ccc(-c2cnc(Cn3c(C4CC4)nc(-c4cc(Cl)ccc4-n4cnnn4)cc3=O)[nH]2)cc1. The van der Waals surface area contributed by atoms with E-state index < -0.39 is 6.09 Å². The molecule has 0 unspecified atom stereocenters. The minimum absolute atomic E-state index is 0.192. The number of hydrogen-bond acceptors (Lipinski definition) is 8. The molecule has 2 N–H and O–H groups in total. The fourth-order valence-corrected chi connectivity index (χ4v) is 4.47. The number of rotatable bonds is 7. The Morgan fingerprint density at radius 3 is 2.72 bits per heavy atom. The Kier molecular flexibility index (Phi) is 6.37. The average molecular weight is 544 g/mol. The van der Waals surface area contributed by atoms with Gasteiger partial charge in [0.1, 0.15) is 18.0 Å². The van der Waals surface area contributed by atoms with Gasteiger partial charge in [0.15, 0.2) is 0 Å². The largest absolute Gasteiger partial charge is 0.453 e. The molecule has 196 valence electrons. The van der Waals surface area contributed by atoms with E-state index in [0.717, 1.165) is 24.1 Å². The number of tetrazole rings is 1. The van der Waals surface area contributed by atoms with Crippen molar-refractivity contribution in [2.45, 2.75) is 25.3 Å². The lowest BCUT2D eigenvalue weighted by molar-refractivity contribution is 0.187. The number of methoxy groups -OCH3 is 1. The topological polar surface area (TPSA) is 146 Å². The second-order valence-corrected chi connectivity index (χ2v) is 9.49. The summed E-state index contributed by atoms with van der Waals surface area (Å²) in [7, 11) is 1.31. The second kappa shape index (κ2) is 10.1. The summed E-state index contributed by atoms with van der Waals surface area (Å²) >= 11 is 6.30. The number of H-pyrrole nitrogens is 1. The van der Waals surface area contributed by atoms with E-state index in [1.807, 2.05) is 12.1 Å². The molecule has 0 aliphatic heterocycles. The van der Waals surface area contributed by atoms with Crippen LogP contribution in [-0.4, -0.2) is 52.9 Å². The molecule has 13 heteroatoms. The summed E-state index contributed by atoms with van der Waals surface area (Å²) in [4.78, 5) is 37.6. The number of hydrogen-bond donors (Lipinski definition) is 2. The maximum atomic E-state index is 13.4. The van der Waals surface area contributed by atoms with Crippen molar-refractivity contribution in [3.63, 3.8) is 0 Å². The molecule has 3 heterocycles. The number of ether oxygens (including phenoxy) is 1. The highest BCUT2D eigenvalue weighted by atomic mass is 35.5. The van der Waals surface area contributed by atoms with Gasteiger partial charge in [0.2, 0.25) is 0 Å². The number of nitrogens with zero attached hydrogens (tertiary/aromatic N) is 7. The van der Waals surface area contributed by atoms with Crippen LogP contribution in [0.4, 0.5) is 10.5 Å². The summed E-state index contributed by atoms with van der Waals surface area (Å²) in [6.07, 6.45) is 4.58. The van der Waals surface area contributed by atoms with Crippen molar-refractivity contribution in [1.29, 1.82) is 0 Å². The minimum Gasteiger partial charge on any atom is -0.453 e. The first kappa shape index (κ1) is 24.5. The fourth-order valence-electron chi connectivity index (χ4n) is 4.30. The van der Waals surface area contributed by atoms with E-state index in [9.17, 15) is 9.59 Å². The second-order valence-electron chi connectivity index (χ2n) is 9.05. The molecule has 0 radical (unpaired) electrons. The highest BCUT2D eigenvalue weighted by Crippen LogP contribution is 2.39. The van der Waals surface area contributed by atoms with Crippen molar-refractivity contribution < 1.29 is 9.53 Å². The van der Waals surface area contributed by atoms with Gasteiger partial charge >= 0.3 is 6.09 Å². The summed E-state index contributed by atoms with van der Waals surface area (Å²) in [6, 6.07) is 14.0. The lowest BCUT2D eigenvalue weighted by Gasteiger charge is -2.14. The molecule has 0 spiro atoms. The minimum atomic E-state index is -0.537. The third-order valence-corrected chi connectivity index (χ3v) is 6.61. The predicted octanol–water partition coefficient (Wildman–Crippen LogP) is 4.03. The van der Waals surface area contributed by atoms with Crippen molar-refractivity contribution in [3.8, 4) is 28.2 Å². The van der Waals surface area contributed by atoms with Gasteiger partial charge in [0.25, 0.3) is 5.56 Å². The van der Waals surface area contributed by atoms with Crippen molar-refractivity contribution in [1.82, 2.24) is 39.7 Å². The molecule has 5 aromatic rings. The molecule has 6 rings (SSSR count). The third kappa shape index (κ3) is 5.14. The maximum absolute atomic E-state index is 13.4. The van der Waals surface area contributed by atoms with Crippen LogP contribution < -0.4 is 10.9 Å².